The Balaban J connectivity index is 2.32. The van der Waals surface area contributed by atoms with Crippen LogP contribution in [-0.2, 0) is 9.53 Å². The molecule has 1 heterocycles. The molecule has 1 aromatic carbocycles. The second kappa shape index (κ2) is 8.21. The van der Waals surface area contributed by atoms with Crippen LogP contribution < -0.4 is 5.32 Å². The number of ether oxygens (including phenoxy) is 1. The molecule has 1 aromatic heterocycles. The van der Waals surface area contributed by atoms with Gasteiger partial charge in [0.25, 0.3) is 0 Å². The topological polar surface area (TPSA) is 68.3 Å². The molecule has 2 rings (SSSR count). The van der Waals surface area contributed by atoms with Gasteiger partial charge in [0, 0.05) is 18.1 Å². The van der Waals surface area contributed by atoms with Gasteiger partial charge in [-0.1, -0.05) is 11.6 Å². The van der Waals surface area contributed by atoms with Crippen molar-refractivity contribution < 1.29 is 18.7 Å². The number of benzene rings is 1. The molecule has 0 saturated carbocycles. The highest BCUT2D eigenvalue weighted by Crippen LogP contribution is 2.18. The number of anilines is 1. The first kappa shape index (κ1) is 17.6. The van der Waals surface area contributed by atoms with E-state index in [1.54, 1.807) is 6.92 Å². The minimum atomic E-state index is -0.794. The number of Topliss-reactive ketones (excluding diaryl/α,β-unsaturated/α-hetero) is 1. The largest absolute Gasteiger partial charge is 0.462 e. The van der Waals surface area contributed by atoms with Crippen molar-refractivity contribution in [2.24, 2.45) is 0 Å². The van der Waals surface area contributed by atoms with Crippen molar-refractivity contribution in [3.05, 3.63) is 70.9 Å². The van der Waals surface area contributed by atoms with E-state index in [9.17, 15) is 14.0 Å². The molecule has 0 radical (unpaired) electrons. The van der Waals surface area contributed by atoms with Crippen molar-refractivity contribution in [3.8, 4) is 0 Å². The number of rotatable bonds is 6. The zero-order valence-corrected chi connectivity index (χ0v) is 13.5. The van der Waals surface area contributed by atoms with Crippen LogP contribution in [-0.4, -0.2) is 23.3 Å². The van der Waals surface area contributed by atoms with Crippen LogP contribution in [0.15, 0.2) is 54.4 Å². The SMILES string of the molecule is CCOC(=O)/C(=C/Nc1ccc(F)cc1)C(=O)c1cccnc1Cl. The summed E-state index contributed by atoms with van der Waals surface area (Å²) in [6, 6.07) is 8.43. The highest BCUT2D eigenvalue weighted by atomic mass is 35.5. The summed E-state index contributed by atoms with van der Waals surface area (Å²) >= 11 is 5.91. The lowest BCUT2D eigenvalue weighted by Crippen LogP contribution is -2.18. The lowest BCUT2D eigenvalue weighted by atomic mass is 10.1. The minimum absolute atomic E-state index is 0.0144. The molecular formula is C17H14ClFN2O3. The number of halogens is 2. The molecule has 0 unspecified atom stereocenters. The molecule has 0 bridgehead atoms. The van der Waals surface area contributed by atoms with Crippen LogP contribution >= 0.6 is 11.6 Å². The molecule has 0 saturated heterocycles. The minimum Gasteiger partial charge on any atom is -0.462 e. The number of carbonyl (C=O) groups excluding carboxylic acids is 2. The second-order valence-electron chi connectivity index (χ2n) is 4.60. The summed E-state index contributed by atoms with van der Waals surface area (Å²) in [6.45, 7) is 1.74. The van der Waals surface area contributed by atoms with E-state index < -0.39 is 17.6 Å². The number of esters is 1. The van der Waals surface area contributed by atoms with Crippen molar-refractivity contribution in [2.45, 2.75) is 6.92 Å². The molecule has 0 fully saturated rings. The predicted octanol–water partition coefficient (Wildman–Crippen LogP) is 3.62. The fourth-order valence-corrected chi connectivity index (χ4v) is 2.03. The maximum atomic E-state index is 12.9. The predicted molar refractivity (Wildman–Crippen MR) is 88.3 cm³/mol. The van der Waals surface area contributed by atoms with Gasteiger partial charge < -0.3 is 10.1 Å². The molecule has 124 valence electrons. The highest BCUT2D eigenvalue weighted by molar-refractivity contribution is 6.36. The molecule has 1 N–H and O–H groups in total. The van der Waals surface area contributed by atoms with Gasteiger partial charge in [-0.2, -0.15) is 0 Å². The van der Waals surface area contributed by atoms with E-state index >= 15 is 0 Å². The molecule has 0 atom stereocenters. The molecule has 0 spiro atoms. The van der Waals surface area contributed by atoms with E-state index in [0.717, 1.165) is 0 Å². The van der Waals surface area contributed by atoms with Crippen molar-refractivity contribution in [3.63, 3.8) is 0 Å². The van der Waals surface area contributed by atoms with Gasteiger partial charge in [-0.25, -0.2) is 14.2 Å². The molecule has 24 heavy (non-hydrogen) atoms. The fraction of sp³-hybridized carbons (Fsp3) is 0.118. The van der Waals surface area contributed by atoms with Gasteiger partial charge in [0.15, 0.2) is 0 Å². The summed E-state index contributed by atoms with van der Waals surface area (Å²) in [6.07, 6.45) is 2.64. The Kier molecular flexibility index (Phi) is 6.03. The number of carbonyl (C=O) groups is 2. The second-order valence-corrected chi connectivity index (χ2v) is 4.96. The van der Waals surface area contributed by atoms with E-state index in [1.807, 2.05) is 0 Å². The number of hydrogen-bond acceptors (Lipinski definition) is 5. The van der Waals surface area contributed by atoms with Crippen LogP contribution in [0.2, 0.25) is 5.15 Å². The van der Waals surface area contributed by atoms with Crippen LogP contribution in [0.5, 0.6) is 0 Å². The van der Waals surface area contributed by atoms with Gasteiger partial charge in [-0.3, -0.25) is 4.79 Å². The molecule has 5 nitrogen and oxygen atoms in total. The van der Waals surface area contributed by atoms with E-state index in [2.05, 4.69) is 10.3 Å². The first-order chi connectivity index (χ1) is 11.5. The maximum Gasteiger partial charge on any atom is 0.343 e. The van der Waals surface area contributed by atoms with E-state index in [0.29, 0.717) is 5.69 Å². The van der Waals surface area contributed by atoms with Gasteiger partial charge in [0.2, 0.25) is 5.78 Å². The average Bonchev–Trinajstić information content (AvgIpc) is 2.57. The summed E-state index contributed by atoms with van der Waals surface area (Å²) in [5.41, 5.74) is 0.346. The summed E-state index contributed by atoms with van der Waals surface area (Å²) in [7, 11) is 0. The lowest BCUT2D eigenvalue weighted by molar-refractivity contribution is -0.138. The van der Waals surface area contributed by atoms with Crippen LogP contribution in [0, 0.1) is 5.82 Å². The molecule has 2 aromatic rings. The normalized spacial score (nSPS) is 11.0. The third-order valence-electron chi connectivity index (χ3n) is 2.97. The van der Waals surface area contributed by atoms with E-state index in [4.69, 9.17) is 16.3 Å². The zero-order valence-electron chi connectivity index (χ0n) is 12.8. The maximum absolute atomic E-state index is 12.9. The number of nitrogens with zero attached hydrogens (tertiary/aromatic N) is 1. The van der Waals surface area contributed by atoms with Crippen molar-refractivity contribution >= 4 is 29.0 Å². The zero-order chi connectivity index (χ0) is 17.5. The summed E-state index contributed by atoms with van der Waals surface area (Å²) in [5.74, 6) is -1.81. The van der Waals surface area contributed by atoms with Crippen molar-refractivity contribution in [2.75, 3.05) is 11.9 Å². The van der Waals surface area contributed by atoms with Crippen molar-refractivity contribution in [1.82, 2.24) is 4.98 Å². The van der Waals surface area contributed by atoms with Gasteiger partial charge in [-0.05, 0) is 43.3 Å². The number of aromatic nitrogens is 1. The van der Waals surface area contributed by atoms with Gasteiger partial charge >= 0.3 is 5.97 Å². The van der Waals surface area contributed by atoms with Crippen molar-refractivity contribution in [1.29, 1.82) is 0 Å². The summed E-state index contributed by atoms with van der Waals surface area (Å²) < 4.78 is 17.8. The average molecular weight is 349 g/mol. The monoisotopic (exact) mass is 348 g/mol. The molecule has 0 aliphatic carbocycles. The Morgan fingerprint density at radius 2 is 2.00 bits per heavy atom. The fourth-order valence-electron chi connectivity index (χ4n) is 1.83. The third-order valence-corrected chi connectivity index (χ3v) is 3.27. The van der Waals surface area contributed by atoms with Crippen LogP contribution in [0.25, 0.3) is 0 Å². The Morgan fingerprint density at radius 3 is 2.62 bits per heavy atom. The van der Waals surface area contributed by atoms with Gasteiger partial charge in [0.05, 0.1) is 12.2 Å². The quantitative estimate of drug-likeness (QED) is 0.216. The Labute approximate surface area is 143 Å². The standard InChI is InChI=1S/C17H14ClFN2O3/c1-2-24-17(23)14(10-21-12-7-5-11(19)6-8-12)15(22)13-4-3-9-20-16(13)18/h3-10,21H,2H2,1H3/b14-10+. The smallest absolute Gasteiger partial charge is 0.343 e. The van der Waals surface area contributed by atoms with Gasteiger partial charge in [0.1, 0.15) is 16.5 Å². The molecule has 0 aliphatic rings. The summed E-state index contributed by atoms with van der Waals surface area (Å²) in [4.78, 5) is 28.5. The summed E-state index contributed by atoms with van der Waals surface area (Å²) in [5, 5.41) is 2.75. The molecule has 0 amide bonds. The molecular weight excluding hydrogens is 335 g/mol. The van der Waals surface area contributed by atoms with Gasteiger partial charge in [-0.15, -0.1) is 0 Å². The van der Waals surface area contributed by atoms with E-state index in [1.165, 1.54) is 48.8 Å². The third kappa shape index (κ3) is 4.39. The van der Waals surface area contributed by atoms with Crippen LogP contribution in [0.1, 0.15) is 17.3 Å². The van der Waals surface area contributed by atoms with Crippen LogP contribution in [0.4, 0.5) is 10.1 Å². The Hall–Kier alpha value is -2.73. The molecule has 0 aliphatic heterocycles. The first-order valence-corrected chi connectivity index (χ1v) is 7.45. The number of nitrogens with one attached hydrogen (secondary N) is 1. The molecule has 7 heteroatoms. The van der Waals surface area contributed by atoms with Crippen LogP contribution in [0.3, 0.4) is 0 Å². The van der Waals surface area contributed by atoms with E-state index in [-0.39, 0.29) is 22.9 Å². The Morgan fingerprint density at radius 1 is 1.29 bits per heavy atom. The number of ketones is 1. The number of pyridine rings is 1. The Bertz CT molecular complexity index is 776. The first-order valence-electron chi connectivity index (χ1n) is 7.07. The lowest BCUT2D eigenvalue weighted by Gasteiger charge is -2.08. The number of hydrogen-bond donors (Lipinski definition) is 1. The highest BCUT2D eigenvalue weighted by Gasteiger charge is 2.23.